The van der Waals surface area contributed by atoms with Gasteiger partial charge < -0.3 is 14.6 Å². The zero-order valence-corrected chi connectivity index (χ0v) is 10.5. The zero-order valence-electron chi connectivity index (χ0n) is 10.5. The van der Waals surface area contributed by atoms with Gasteiger partial charge in [-0.15, -0.1) is 0 Å². The highest BCUT2D eigenvalue weighted by Gasteiger charge is 2.09. The van der Waals surface area contributed by atoms with E-state index in [9.17, 15) is 4.79 Å². The summed E-state index contributed by atoms with van der Waals surface area (Å²) in [5.41, 5.74) is 2.17. The van der Waals surface area contributed by atoms with E-state index in [1.807, 2.05) is 43.3 Å². The lowest BCUT2D eigenvalue weighted by molar-refractivity contribution is 0.0923. The number of carbonyl (C=O) groups is 1. The van der Waals surface area contributed by atoms with Gasteiger partial charge in [0.2, 0.25) is 0 Å². The smallest absolute Gasteiger partial charge is 0.287 e. The highest BCUT2D eigenvalue weighted by molar-refractivity contribution is 5.91. The van der Waals surface area contributed by atoms with Gasteiger partial charge in [-0.05, 0) is 23.8 Å². The molecule has 2 rings (SSSR count). The predicted octanol–water partition coefficient (Wildman–Crippen LogP) is 2.28. The number of hydrogen-bond acceptors (Lipinski definition) is 3. The van der Waals surface area contributed by atoms with E-state index in [1.165, 1.54) is 6.26 Å². The first-order valence-electron chi connectivity index (χ1n) is 5.75. The fourth-order valence-corrected chi connectivity index (χ4v) is 1.77. The molecule has 0 saturated carbocycles. The van der Waals surface area contributed by atoms with Gasteiger partial charge in [0.1, 0.15) is 0 Å². The van der Waals surface area contributed by atoms with Crippen molar-refractivity contribution in [2.75, 3.05) is 19.0 Å². The van der Waals surface area contributed by atoms with Crippen LogP contribution < -0.4 is 10.2 Å². The molecule has 0 spiro atoms. The number of nitrogens with zero attached hydrogens (tertiary/aromatic N) is 1. The largest absolute Gasteiger partial charge is 0.459 e. The summed E-state index contributed by atoms with van der Waals surface area (Å²) in [7, 11) is 3.96. The minimum Gasteiger partial charge on any atom is -0.459 e. The number of benzene rings is 1. The van der Waals surface area contributed by atoms with Crippen LogP contribution in [0.2, 0.25) is 0 Å². The lowest BCUT2D eigenvalue weighted by Crippen LogP contribution is -2.23. The number of hydrogen-bond donors (Lipinski definition) is 1. The molecule has 1 heterocycles. The number of amides is 1. The Kier molecular flexibility index (Phi) is 3.67. The van der Waals surface area contributed by atoms with Gasteiger partial charge in [0.15, 0.2) is 5.76 Å². The molecule has 0 radical (unpaired) electrons. The molecule has 0 saturated heterocycles. The summed E-state index contributed by atoms with van der Waals surface area (Å²) in [6.07, 6.45) is 1.49. The minimum absolute atomic E-state index is 0.200. The Hall–Kier alpha value is -2.23. The average molecular weight is 244 g/mol. The Balaban J connectivity index is 2.04. The summed E-state index contributed by atoms with van der Waals surface area (Å²) >= 11 is 0. The number of nitrogens with one attached hydrogen (secondary N) is 1. The molecule has 18 heavy (non-hydrogen) atoms. The molecule has 1 aromatic carbocycles. The fourth-order valence-electron chi connectivity index (χ4n) is 1.77. The number of para-hydroxylation sites is 1. The quantitative estimate of drug-likeness (QED) is 0.897. The SMILES string of the molecule is CN(C)c1ccccc1CNC(=O)c1ccco1. The second kappa shape index (κ2) is 5.40. The van der Waals surface area contributed by atoms with Crippen molar-refractivity contribution in [3.05, 3.63) is 54.0 Å². The lowest BCUT2D eigenvalue weighted by Gasteiger charge is -2.17. The lowest BCUT2D eigenvalue weighted by atomic mass is 10.1. The highest BCUT2D eigenvalue weighted by Crippen LogP contribution is 2.17. The van der Waals surface area contributed by atoms with E-state index in [2.05, 4.69) is 5.32 Å². The Morgan fingerprint density at radius 1 is 1.22 bits per heavy atom. The molecule has 0 aliphatic rings. The van der Waals surface area contributed by atoms with Crippen LogP contribution in [0.1, 0.15) is 16.1 Å². The molecule has 0 atom stereocenters. The minimum atomic E-state index is -0.200. The van der Waals surface area contributed by atoms with Crippen molar-refractivity contribution in [1.29, 1.82) is 0 Å². The summed E-state index contributed by atoms with van der Waals surface area (Å²) < 4.78 is 5.04. The fraction of sp³-hybridized carbons (Fsp3) is 0.214. The maximum atomic E-state index is 11.7. The summed E-state index contributed by atoms with van der Waals surface area (Å²) in [5, 5.41) is 2.84. The maximum Gasteiger partial charge on any atom is 0.287 e. The van der Waals surface area contributed by atoms with Crippen LogP contribution in [0.4, 0.5) is 5.69 Å². The summed E-state index contributed by atoms with van der Waals surface area (Å²) in [6, 6.07) is 11.3. The molecule has 4 nitrogen and oxygen atoms in total. The van der Waals surface area contributed by atoms with Crippen molar-refractivity contribution in [2.24, 2.45) is 0 Å². The van der Waals surface area contributed by atoms with Gasteiger partial charge in [-0.25, -0.2) is 0 Å². The van der Waals surface area contributed by atoms with Crippen molar-refractivity contribution in [3.63, 3.8) is 0 Å². The molecule has 0 aliphatic carbocycles. The highest BCUT2D eigenvalue weighted by atomic mass is 16.3. The molecule has 0 fully saturated rings. The zero-order chi connectivity index (χ0) is 13.0. The van der Waals surface area contributed by atoms with E-state index < -0.39 is 0 Å². The topological polar surface area (TPSA) is 45.5 Å². The molecule has 94 valence electrons. The van der Waals surface area contributed by atoms with Crippen molar-refractivity contribution in [1.82, 2.24) is 5.32 Å². The first-order valence-corrected chi connectivity index (χ1v) is 5.75. The maximum absolute atomic E-state index is 11.7. The monoisotopic (exact) mass is 244 g/mol. The van der Waals surface area contributed by atoms with Crippen LogP contribution in [0.3, 0.4) is 0 Å². The van der Waals surface area contributed by atoms with Gasteiger partial charge in [-0.1, -0.05) is 18.2 Å². The Labute approximate surface area is 106 Å². The third kappa shape index (κ3) is 2.71. The molecule has 1 aromatic heterocycles. The Morgan fingerprint density at radius 3 is 2.67 bits per heavy atom. The number of furan rings is 1. The van der Waals surface area contributed by atoms with Crippen LogP contribution in [0, 0.1) is 0 Å². The first kappa shape index (κ1) is 12.2. The van der Waals surface area contributed by atoms with Crippen molar-refractivity contribution < 1.29 is 9.21 Å². The first-order chi connectivity index (χ1) is 8.68. The van der Waals surface area contributed by atoms with Crippen LogP contribution in [0.25, 0.3) is 0 Å². The van der Waals surface area contributed by atoms with Gasteiger partial charge in [-0.3, -0.25) is 4.79 Å². The van der Waals surface area contributed by atoms with Crippen LogP contribution in [-0.2, 0) is 6.54 Å². The second-order valence-corrected chi connectivity index (χ2v) is 4.18. The van der Waals surface area contributed by atoms with Crippen molar-refractivity contribution in [2.45, 2.75) is 6.54 Å². The molecule has 1 amide bonds. The molecular formula is C14H16N2O2. The predicted molar refractivity (Wildman–Crippen MR) is 70.6 cm³/mol. The number of rotatable bonds is 4. The third-order valence-electron chi connectivity index (χ3n) is 2.66. The molecule has 0 unspecified atom stereocenters. The summed E-state index contributed by atoms with van der Waals surface area (Å²) in [6.45, 7) is 0.480. The molecule has 0 bridgehead atoms. The Bertz CT molecular complexity index is 518. The van der Waals surface area contributed by atoms with E-state index in [0.29, 0.717) is 12.3 Å². The third-order valence-corrected chi connectivity index (χ3v) is 2.66. The molecule has 4 heteroatoms. The Morgan fingerprint density at radius 2 is 2.00 bits per heavy atom. The number of anilines is 1. The van der Waals surface area contributed by atoms with E-state index in [4.69, 9.17) is 4.42 Å². The van der Waals surface area contributed by atoms with Gasteiger partial charge in [-0.2, -0.15) is 0 Å². The van der Waals surface area contributed by atoms with E-state index >= 15 is 0 Å². The van der Waals surface area contributed by atoms with Crippen LogP contribution >= 0.6 is 0 Å². The van der Waals surface area contributed by atoms with Crippen molar-refractivity contribution >= 4 is 11.6 Å². The average Bonchev–Trinajstić information content (AvgIpc) is 2.90. The van der Waals surface area contributed by atoms with Gasteiger partial charge in [0.25, 0.3) is 5.91 Å². The summed E-state index contributed by atoms with van der Waals surface area (Å²) in [5.74, 6) is 0.130. The van der Waals surface area contributed by atoms with Crippen molar-refractivity contribution in [3.8, 4) is 0 Å². The van der Waals surface area contributed by atoms with E-state index in [0.717, 1.165) is 11.3 Å². The van der Waals surface area contributed by atoms with Gasteiger partial charge in [0.05, 0.1) is 6.26 Å². The van der Waals surface area contributed by atoms with Crippen LogP contribution in [-0.4, -0.2) is 20.0 Å². The van der Waals surface area contributed by atoms with E-state index in [-0.39, 0.29) is 5.91 Å². The number of carbonyl (C=O) groups excluding carboxylic acids is 1. The second-order valence-electron chi connectivity index (χ2n) is 4.18. The molecular weight excluding hydrogens is 228 g/mol. The summed E-state index contributed by atoms with van der Waals surface area (Å²) in [4.78, 5) is 13.8. The van der Waals surface area contributed by atoms with E-state index in [1.54, 1.807) is 12.1 Å². The van der Waals surface area contributed by atoms with Gasteiger partial charge in [0, 0.05) is 26.3 Å². The molecule has 2 aromatic rings. The normalized spacial score (nSPS) is 10.1. The molecule has 0 aliphatic heterocycles. The van der Waals surface area contributed by atoms with Crippen LogP contribution in [0.5, 0.6) is 0 Å². The van der Waals surface area contributed by atoms with Gasteiger partial charge >= 0.3 is 0 Å². The standard InChI is InChI=1S/C14H16N2O2/c1-16(2)12-7-4-3-6-11(12)10-15-14(17)13-8-5-9-18-13/h3-9H,10H2,1-2H3,(H,15,17). The molecule has 1 N–H and O–H groups in total. The van der Waals surface area contributed by atoms with Crippen LogP contribution in [0.15, 0.2) is 47.1 Å².